The van der Waals surface area contributed by atoms with Crippen molar-refractivity contribution >= 4 is 23.0 Å². The molecule has 0 aliphatic heterocycles. The third kappa shape index (κ3) is 3.29. The van der Waals surface area contributed by atoms with E-state index in [0.29, 0.717) is 11.5 Å². The van der Waals surface area contributed by atoms with Crippen molar-refractivity contribution in [3.05, 3.63) is 53.6 Å². The van der Waals surface area contributed by atoms with Crippen LogP contribution in [0, 0.1) is 6.92 Å². The third-order valence-electron chi connectivity index (χ3n) is 4.00. The highest BCUT2D eigenvalue weighted by atomic mass is 16.6. The van der Waals surface area contributed by atoms with E-state index in [0.717, 1.165) is 33.4 Å². The summed E-state index contributed by atoms with van der Waals surface area (Å²) < 4.78 is 16.6. The van der Waals surface area contributed by atoms with Gasteiger partial charge in [-0.1, -0.05) is 18.2 Å². The van der Waals surface area contributed by atoms with Crippen LogP contribution in [0.2, 0.25) is 0 Å². The average molecular weight is 336 g/mol. The van der Waals surface area contributed by atoms with Crippen LogP contribution in [0.3, 0.4) is 0 Å². The van der Waals surface area contributed by atoms with Gasteiger partial charge in [0.2, 0.25) is 0 Å². The summed E-state index contributed by atoms with van der Waals surface area (Å²) in [5, 5.41) is 1.08. The van der Waals surface area contributed by atoms with Crippen LogP contribution in [-0.4, -0.2) is 13.1 Å². The topological polar surface area (TPSA) is 48.7 Å². The van der Waals surface area contributed by atoms with Gasteiger partial charge in [-0.15, -0.1) is 0 Å². The van der Waals surface area contributed by atoms with Crippen molar-refractivity contribution in [1.29, 1.82) is 0 Å². The van der Waals surface area contributed by atoms with Crippen molar-refractivity contribution in [3.63, 3.8) is 0 Å². The molecule has 0 saturated carbocycles. The Morgan fingerprint density at radius 1 is 1.12 bits per heavy atom. The van der Waals surface area contributed by atoms with Crippen LogP contribution in [-0.2, 0) is 4.79 Å². The number of hydrogen-bond acceptors (Lipinski definition) is 4. The predicted molar refractivity (Wildman–Crippen MR) is 99.0 cm³/mol. The first kappa shape index (κ1) is 16.8. The van der Waals surface area contributed by atoms with Gasteiger partial charge < -0.3 is 13.9 Å². The van der Waals surface area contributed by atoms with E-state index in [1.54, 1.807) is 13.2 Å². The minimum Gasteiger partial charge on any atom is -0.493 e. The van der Waals surface area contributed by atoms with Gasteiger partial charge in [0.25, 0.3) is 0 Å². The summed E-state index contributed by atoms with van der Waals surface area (Å²) in [4.78, 5) is 11.2. The van der Waals surface area contributed by atoms with Gasteiger partial charge in [-0.05, 0) is 49.7 Å². The molecule has 0 bridgehead atoms. The van der Waals surface area contributed by atoms with Crippen LogP contribution in [0.25, 0.3) is 28.4 Å². The number of furan rings is 1. The molecule has 3 rings (SSSR count). The molecule has 25 heavy (non-hydrogen) atoms. The number of esters is 1. The minimum absolute atomic E-state index is 0.387. The number of rotatable bonds is 4. The number of carbonyl (C=O) groups is 1. The van der Waals surface area contributed by atoms with Gasteiger partial charge in [-0.3, -0.25) is 4.79 Å². The van der Waals surface area contributed by atoms with E-state index in [2.05, 4.69) is 12.1 Å². The fraction of sp³-hybridized carbons (Fsp3) is 0.190. The molecular formula is C21H20O4. The predicted octanol–water partition coefficient (Wildman–Crippen LogP) is 5.38. The largest absolute Gasteiger partial charge is 0.493 e. The molecule has 2 aromatic carbocycles. The van der Waals surface area contributed by atoms with E-state index in [-0.39, 0.29) is 5.97 Å². The fourth-order valence-corrected chi connectivity index (χ4v) is 2.86. The summed E-state index contributed by atoms with van der Waals surface area (Å²) in [7, 11) is 1.54. The molecule has 0 saturated heterocycles. The molecule has 3 aromatic rings. The van der Waals surface area contributed by atoms with Crippen LogP contribution >= 0.6 is 0 Å². The SMILES string of the molecule is CC=Cc1ccc2oc(-c3ccc(OC(C)=O)c(OC)c3)c(C)c2c1. The fourth-order valence-electron chi connectivity index (χ4n) is 2.86. The molecule has 1 heterocycles. The number of methoxy groups -OCH3 is 1. The minimum atomic E-state index is -0.387. The van der Waals surface area contributed by atoms with Crippen molar-refractivity contribution in [3.8, 4) is 22.8 Å². The maximum absolute atomic E-state index is 11.2. The van der Waals surface area contributed by atoms with E-state index in [1.807, 2.05) is 44.2 Å². The zero-order chi connectivity index (χ0) is 18.0. The Labute approximate surface area is 146 Å². The van der Waals surface area contributed by atoms with Crippen molar-refractivity contribution in [2.45, 2.75) is 20.8 Å². The van der Waals surface area contributed by atoms with E-state index in [1.165, 1.54) is 6.92 Å². The van der Waals surface area contributed by atoms with Crippen molar-refractivity contribution in [2.24, 2.45) is 0 Å². The molecule has 0 aliphatic rings. The highest BCUT2D eigenvalue weighted by Gasteiger charge is 2.15. The Bertz CT molecular complexity index is 963. The Balaban J connectivity index is 2.09. The van der Waals surface area contributed by atoms with Gasteiger partial charge >= 0.3 is 5.97 Å². The maximum atomic E-state index is 11.2. The molecule has 0 amide bonds. The third-order valence-corrected chi connectivity index (χ3v) is 4.00. The number of hydrogen-bond donors (Lipinski definition) is 0. The number of ether oxygens (including phenoxy) is 2. The second kappa shape index (κ2) is 6.85. The second-order valence-electron chi connectivity index (χ2n) is 5.77. The molecule has 0 atom stereocenters. The molecule has 0 N–H and O–H groups in total. The molecule has 4 nitrogen and oxygen atoms in total. The molecule has 0 fully saturated rings. The average Bonchev–Trinajstić information content (AvgIpc) is 2.92. The van der Waals surface area contributed by atoms with Crippen LogP contribution in [0.15, 0.2) is 46.9 Å². The summed E-state index contributed by atoms with van der Waals surface area (Å²) in [5.74, 6) is 1.27. The number of fused-ring (bicyclic) bond motifs is 1. The number of carbonyl (C=O) groups excluding carboxylic acids is 1. The van der Waals surface area contributed by atoms with Crippen LogP contribution in [0.4, 0.5) is 0 Å². The number of aryl methyl sites for hydroxylation is 1. The molecule has 128 valence electrons. The molecule has 1 aromatic heterocycles. The van der Waals surface area contributed by atoms with E-state index >= 15 is 0 Å². The van der Waals surface area contributed by atoms with Gasteiger partial charge in [0.05, 0.1) is 7.11 Å². The van der Waals surface area contributed by atoms with Gasteiger partial charge in [0.15, 0.2) is 11.5 Å². The smallest absolute Gasteiger partial charge is 0.308 e. The van der Waals surface area contributed by atoms with Crippen LogP contribution < -0.4 is 9.47 Å². The lowest BCUT2D eigenvalue weighted by Gasteiger charge is -2.09. The van der Waals surface area contributed by atoms with Crippen molar-refractivity contribution < 1.29 is 18.7 Å². The zero-order valence-corrected chi connectivity index (χ0v) is 14.8. The Hall–Kier alpha value is -3.01. The summed E-state index contributed by atoms with van der Waals surface area (Å²) in [5.41, 5.74) is 3.90. The van der Waals surface area contributed by atoms with Crippen LogP contribution in [0.5, 0.6) is 11.5 Å². The quantitative estimate of drug-likeness (QED) is 0.474. The summed E-state index contributed by atoms with van der Waals surface area (Å²) in [6, 6.07) is 11.5. The lowest BCUT2D eigenvalue weighted by molar-refractivity contribution is -0.132. The highest BCUT2D eigenvalue weighted by Crippen LogP contribution is 2.38. The van der Waals surface area contributed by atoms with E-state index < -0.39 is 0 Å². The van der Waals surface area contributed by atoms with E-state index in [9.17, 15) is 4.79 Å². The summed E-state index contributed by atoms with van der Waals surface area (Å²) in [6.07, 6.45) is 4.07. The summed E-state index contributed by atoms with van der Waals surface area (Å²) >= 11 is 0. The van der Waals surface area contributed by atoms with Gasteiger partial charge in [-0.25, -0.2) is 0 Å². The maximum Gasteiger partial charge on any atom is 0.308 e. The second-order valence-corrected chi connectivity index (χ2v) is 5.77. The highest BCUT2D eigenvalue weighted by molar-refractivity contribution is 5.89. The zero-order valence-electron chi connectivity index (χ0n) is 14.8. The first-order valence-electron chi connectivity index (χ1n) is 8.06. The molecule has 4 heteroatoms. The molecule has 0 aliphatic carbocycles. The molecule has 0 spiro atoms. The van der Waals surface area contributed by atoms with Crippen LogP contribution in [0.1, 0.15) is 25.0 Å². The van der Waals surface area contributed by atoms with Gasteiger partial charge in [0, 0.05) is 23.4 Å². The standard InChI is InChI=1S/C21H20O4/c1-5-6-15-7-9-18-17(11-15)13(2)21(25-18)16-8-10-19(24-14(3)22)20(12-16)23-4/h5-12H,1-4H3. The lowest BCUT2D eigenvalue weighted by atomic mass is 10.0. The Kier molecular flexibility index (Phi) is 4.61. The van der Waals surface area contributed by atoms with Gasteiger partial charge in [0.1, 0.15) is 11.3 Å². The van der Waals surface area contributed by atoms with Crippen molar-refractivity contribution in [1.82, 2.24) is 0 Å². The number of allylic oxidation sites excluding steroid dienone is 1. The first-order valence-corrected chi connectivity index (χ1v) is 8.06. The van der Waals surface area contributed by atoms with Crippen molar-refractivity contribution in [2.75, 3.05) is 7.11 Å². The Morgan fingerprint density at radius 2 is 1.92 bits per heavy atom. The summed E-state index contributed by atoms with van der Waals surface area (Å²) in [6.45, 7) is 5.39. The monoisotopic (exact) mass is 336 g/mol. The lowest BCUT2D eigenvalue weighted by Crippen LogP contribution is -2.03. The molecule has 0 unspecified atom stereocenters. The Morgan fingerprint density at radius 3 is 2.60 bits per heavy atom. The molecular weight excluding hydrogens is 316 g/mol. The number of benzene rings is 2. The normalized spacial score (nSPS) is 11.2. The molecule has 0 radical (unpaired) electrons. The van der Waals surface area contributed by atoms with E-state index in [4.69, 9.17) is 13.9 Å². The first-order chi connectivity index (χ1) is 12.0. The van der Waals surface area contributed by atoms with Gasteiger partial charge in [-0.2, -0.15) is 0 Å².